The normalized spacial score (nSPS) is 14.5. The average molecular weight is 415 g/mol. The van der Waals surface area contributed by atoms with E-state index < -0.39 is 15.2 Å². The summed E-state index contributed by atoms with van der Waals surface area (Å²) < 4.78 is 28.2. The van der Waals surface area contributed by atoms with Gasteiger partial charge in [0.2, 0.25) is 0 Å². The number of imidazole rings is 1. The van der Waals surface area contributed by atoms with Gasteiger partial charge >= 0.3 is 0 Å². The number of fused-ring (bicyclic) bond motifs is 1. The van der Waals surface area contributed by atoms with Crippen LogP contribution < -0.4 is 10.6 Å². The Morgan fingerprint density at radius 2 is 2.07 bits per heavy atom. The zero-order chi connectivity index (χ0) is 19.7. The maximum absolute atomic E-state index is 13.0. The highest BCUT2D eigenvalue weighted by atomic mass is 32.2. The summed E-state index contributed by atoms with van der Waals surface area (Å²) in [6, 6.07) is 10.8. The molecule has 1 aliphatic heterocycles. The van der Waals surface area contributed by atoms with E-state index in [9.17, 15) is 8.42 Å². The first-order chi connectivity index (χ1) is 13.5. The van der Waals surface area contributed by atoms with Gasteiger partial charge < -0.3 is 9.88 Å². The Hall–Kier alpha value is -2.42. The molecule has 0 amide bonds. The lowest BCUT2D eigenvalue weighted by molar-refractivity contribution is 0.571. The molecule has 0 aliphatic carbocycles. The highest BCUT2D eigenvalue weighted by Gasteiger charge is 2.28. The summed E-state index contributed by atoms with van der Waals surface area (Å²) in [5.74, 6) is 0.947. The molecule has 2 N–H and O–H groups in total. The van der Waals surface area contributed by atoms with E-state index in [0.717, 1.165) is 34.2 Å². The van der Waals surface area contributed by atoms with Gasteiger partial charge in [0.05, 0.1) is 22.8 Å². The fourth-order valence-corrected chi connectivity index (χ4v) is 6.19. The van der Waals surface area contributed by atoms with Crippen LogP contribution in [0, 0.1) is 6.92 Å². The quantitative estimate of drug-likeness (QED) is 0.648. The molecule has 0 spiro atoms. The number of sulfone groups is 1. The van der Waals surface area contributed by atoms with Gasteiger partial charge in [0, 0.05) is 11.4 Å². The molecule has 1 aromatic carbocycles. The van der Waals surface area contributed by atoms with Gasteiger partial charge in [-0.3, -0.25) is 5.32 Å². The summed E-state index contributed by atoms with van der Waals surface area (Å²) in [5, 5.41) is 7.25. The molecule has 0 bridgehead atoms. The van der Waals surface area contributed by atoms with E-state index in [2.05, 4.69) is 20.2 Å². The van der Waals surface area contributed by atoms with Crippen LogP contribution in [0.25, 0.3) is 6.08 Å². The zero-order valence-electron chi connectivity index (χ0n) is 15.7. The van der Waals surface area contributed by atoms with Crippen molar-refractivity contribution in [1.29, 1.82) is 0 Å². The van der Waals surface area contributed by atoms with Crippen LogP contribution in [0.2, 0.25) is 0 Å². The molecular weight excluding hydrogens is 392 g/mol. The van der Waals surface area contributed by atoms with Crippen molar-refractivity contribution in [3.63, 3.8) is 0 Å². The minimum atomic E-state index is -3.51. The highest BCUT2D eigenvalue weighted by molar-refractivity contribution is 7.91. The SMILES string of the molecule is CNC(c1cccs1)S(=O)(=O)c1ccc(Cn2c(C)nc3c2C=CNC3)cc1. The maximum atomic E-state index is 13.0. The van der Waals surface area contributed by atoms with Crippen LogP contribution in [0.3, 0.4) is 0 Å². The van der Waals surface area contributed by atoms with Gasteiger partial charge in [-0.1, -0.05) is 18.2 Å². The molecule has 6 nitrogen and oxygen atoms in total. The number of rotatable bonds is 6. The Morgan fingerprint density at radius 3 is 2.75 bits per heavy atom. The van der Waals surface area contributed by atoms with E-state index in [-0.39, 0.29) is 0 Å². The number of nitrogens with one attached hydrogen (secondary N) is 2. The van der Waals surface area contributed by atoms with Gasteiger partial charge in [-0.2, -0.15) is 0 Å². The van der Waals surface area contributed by atoms with E-state index in [1.165, 1.54) is 11.3 Å². The van der Waals surface area contributed by atoms with E-state index in [4.69, 9.17) is 0 Å². The van der Waals surface area contributed by atoms with Crippen molar-refractivity contribution in [3.8, 4) is 0 Å². The first-order valence-corrected chi connectivity index (χ1v) is 11.4. The number of aromatic nitrogens is 2. The zero-order valence-corrected chi connectivity index (χ0v) is 17.3. The molecule has 28 heavy (non-hydrogen) atoms. The van der Waals surface area contributed by atoms with Crippen molar-refractivity contribution < 1.29 is 8.42 Å². The van der Waals surface area contributed by atoms with E-state index in [1.807, 2.05) is 48.8 Å². The average Bonchev–Trinajstić information content (AvgIpc) is 3.31. The molecule has 0 radical (unpaired) electrons. The largest absolute Gasteiger partial charge is 0.385 e. The molecule has 3 aromatic rings. The van der Waals surface area contributed by atoms with Crippen LogP contribution >= 0.6 is 11.3 Å². The van der Waals surface area contributed by atoms with Crippen LogP contribution in [-0.2, 0) is 22.9 Å². The van der Waals surface area contributed by atoms with Crippen molar-refractivity contribution in [2.45, 2.75) is 30.3 Å². The molecular formula is C20H22N4O2S2. The second-order valence-corrected chi connectivity index (χ2v) is 9.68. The van der Waals surface area contributed by atoms with Crippen LogP contribution in [-0.4, -0.2) is 25.0 Å². The lowest BCUT2D eigenvalue weighted by Gasteiger charge is -2.16. The number of nitrogens with zero attached hydrogens (tertiary/aromatic N) is 2. The summed E-state index contributed by atoms with van der Waals surface area (Å²) in [5.41, 5.74) is 3.17. The van der Waals surface area contributed by atoms with Gasteiger partial charge in [0.15, 0.2) is 9.84 Å². The Kier molecular flexibility index (Phi) is 5.09. The third kappa shape index (κ3) is 3.39. The van der Waals surface area contributed by atoms with Crippen LogP contribution in [0.5, 0.6) is 0 Å². The van der Waals surface area contributed by atoms with Crippen molar-refractivity contribution in [2.75, 3.05) is 7.05 Å². The number of benzene rings is 1. The Morgan fingerprint density at radius 1 is 1.29 bits per heavy atom. The molecule has 1 aliphatic rings. The van der Waals surface area contributed by atoms with E-state index in [0.29, 0.717) is 11.4 Å². The van der Waals surface area contributed by atoms with Crippen molar-refractivity contribution in [3.05, 3.63) is 75.6 Å². The summed E-state index contributed by atoms with van der Waals surface area (Å²) in [4.78, 5) is 5.72. The summed E-state index contributed by atoms with van der Waals surface area (Å²) in [6.45, 7) is 3.37. The number of aryl methyl sites for hydroxylation is 1. The standard InChI is InChI=1S/C20H22N4O2S2/c1-14-23-17-12-22-10-9-18(17)24(14)13-15-5-7-16(8-6-15)28(25,26)20(21-2)19-4-3-11-27-19/h3-11,20-22H,12-13H2,1-2H3. The smallest absolute Gasteiger partial charge is 0.199 e. The summed E-state index contributed by atoms with van der Waals surface area (Å²) in [7, 11) is -1.84. The molecule has 8 heteroatoms. The Labute approximate surface area is 168 Å². The molecule has 1 atom stereocenters. The summed E-state index contributed by atoms with van der Waals surface area (Å²) >= 11 is 1.43. The third-order valence-electron chi connectivity index (χ3n) is 4.87. The fourth-order valence-electron chi connectivity index (χ4n) is 3.45. The molecule has 0 saturated carbocycles. The lowest BCUT2D eigenvalue weighted by atomic mass is 10.2. The topological polar surface area (TPSA) is 76.0 Å². The van der Waals surface area contributed by atoms with Gasteiger partial charge in [0.1, 0.15) is 11.2 Å². The Balaban J connectivity index is 1.60. The van der Waals surface area contributed by atoms with Crippen molar-refractivity contribution >= 4 is 27.3 Å². The van der Waals surface area contributed by atoms with Gasteiger partial charge in [-0.15, -0.1) is 11.3 Å². The van der Waals surface area contributed by atoms with Crippen molar-refractivity contribution in [1.82, 2.24) is 20.2 Å². The molecule has 4 rings (SSSR count). The highest BCUT2D eigenvalue weighted by Crippen LogP contribution is 2.29. The molecule has 146 valence electrons. The van der Waals surface area contributed by atoms with Crippen LogP contribution in [0.15, 0.2) is 52.9 Å². The lowest BCUT2D eigenvalue weighted by Crippen LogP contribution is -2.25. The molecule has 0 saturated heterocycles. The number of thiophene rings is 1. The molecule has 2 aromatic heterocycles. The molecule has 0 fully saturated rings. The van der Waals surface area contributed by atoms with Gasteiger partial charge in [-0.25, -0.2) is 13.4 Å². The van der Waals surface area contributed by atoms with Crippen LogP contribution in [0.1, 0.15) is 33.0 Å². The Bertz CT molecular complexity index is 1100. The van der Waals surface area contributed by atoms with E-state index >= 15 is 0 Å². The number of hydrogen-bond donors (Lipinski definition) is 2. The molecule has 1 unspecified atom stereocenters. The predicted molar refractivity (Wildman–Crippen MR) is 112 cm³/mol. The van der Waals surface area contributed by atoms with E-state index in [1.54, 1.807) is 19.2 Å². The first kappa shape index (κ1) is 18.9. The number of hydrogen-bond acceptors (Lipinski definition) is 6. The first-order valence-electron chi connectivity index (χ1n) is 9.00. The van der Waals surface area contributed by atoms with Gasteiger partial charge in [0.25, 0.3) is 0 Å². The van der Waals surface area contributed by atoms with Crippen LogP contribution in [0.4, 0.5) is 0 Å². The predicted octanol–water partition coefficient (Wildman–Crippen LogP) is 3.07. The van der Waals surface area contributed by atoms with Gasteiger partial charge in [-0.05, 0) is 55.4 Å². The summed E-state index contributed by atoms with van der Waals surface area (Å²) in [6.07, 6.45) is 3.95. The molecule has 3 heterocycles. The second-order valence-electron chi connectivity index (χ2n) is 6.66. The maximum Gasteiger partial charge on any atom is 0.199 e. The van der Waals surface area contributed by atoms with Crippen molar-refractivity contribution in [2.24, 2.45) is 0 Å². The minimum absolute atomic E-state index is 0.317. The fraction of sp³-hybridized carbons (Fsp3) is 0.250. The minimum Gasteiger partial charge on any atom is -0.385 e. The monoisotopic (exact) mass is 414 g/mol. The third-order valence-corrected chi connectivity index (χ3v) is 7.99. The second kappa shape index (κ2) is 7.54.